The monoisotopic (exact) mass is 227 g/mol. The summed E-state index contributed by atoms with van der Waals surface area (Å²) in [5, 5.41) is 0. The van der Waals surface area contributed by atoms with E-state index in [0.29, 0.717) is 0 Å². The lowest BCUT2D eigenvalue weighted by atomic mass is 10.1. The number of hydrogen-bond donors (Lipinski definition) is 1. The number of benzene rings is 1. The fourth-order valence-corrected chi connectivity index (χ4v) is 1.19. The molecular formula is C8H6ClF4N. The summed E-state index contributed by atoms with van der Waals surface area (Å²) in [5.74, 6) is -1.32. The van der Waals surface area contributed by atoms with Gasteiger partial charge >= 0.3 is 6.18 Å². The Hall–Kier alpha value is -0.970. The first kappa shape index (κ1) is 11.1. The Balaban J connectivity index is 3.31. The standard InChI is InChI=1S/C8H6ClF4N/c9-3-4-1-2-5(8(11,12)13)7(14)6(4)10/h1-2H,3,14H2. The van der Waals surface area contributed by atoms with E-state index in [0.717, 1.165) is 12.1 Å². The Morgan fingerprint density at radius 2 is 1.86 bits per heavy atom. The van der Waals surface area contributed by atoms with Crippen molar-refractivity contribution in [1.29, 1.82) is 0 Å². The van der Waals surface area contributed by atoms with Crippen LogP contribution in [0.1, 0.15) is 11.1 Å². The van der Waals surface area contributed by atoms with E-state index in [1.807, 2.05) is 0 Å². The van der Waals surface area contributed by atoms with Gasteiger partial charge in [-0.1, -0.05) is 6.07 Å². The summed E-state index contributed by atoms with van der Waals surface area (Å²) in [4.78, 5) is 0. The van der Waals surface area contributed by atoms with Gasteiger partial charge in [0, 0.05) is 5.56 Å². The van der Waals surface area contributed by atoms with Crippen LogP contribution >= 0.6 is 11.6 Å². The molecule has 6 heteroatoms. The molecule has 0 amide bonds. The third kappa shape index (κ3) is 1.92. The topological polar surface area (TPSA) is 26.0 Å². The molecule has 0 bridgehead atoms. The minimum absolute atomic E-state index is 0.0443. The van der Waals surface area contributed by atoms with Crippen molar-refractivity contribution in [2.75, 3.05) is 5.73 Å². The number of anilines is 1. The summed E-state index contributed by atoms with van der Waals surface area (Å²) in [7, 11) is 0. The van der Waals surface area contributed by atoms with Gasteiger partial charge in [-0.15, -0.1) is 11.6 Å². The normalized spacial score (nSPS) is 11.8. The largest absolute Gasteiger partial charge is 0.418 e. The highest BCUT2D eigenvalue weighted by atomic mass is 35.5. The van der Waals surface area contributed by atoms with Gasteiger partial charge in [0.15, 0.2) is 5.82 Å². The van der Waals surface area contributed by atoms with Crippen molar-refractivity contribution in [2.24, 2.45) is 0 Å². The molecule has 0 saturated heterocycles. The quantitative estimate of drug-likeness (QED) is 0.445. The van der Waals surface area contributed by atoms with E-state index >= 15 is 0 Å². The maximum Gasteiger partial charge on any atom is 0.418 e. The van der Waals surface area contributed by atoms with Gasteiger partial charge in [-0.05, 0) is 6.07 Å². The Morgan fingerprint density at radius 3 is 2.29 bits per heavy atom. The lowest BCUT2D eigenvalue weighted by Gasteiger charge is -2.11. The van der Waals surface area contributed by atoms with Crippen molar-refractivity contribution >= 4 is 17.3 Å². The van der Waals surface area contributed by atoms with Crippen LogP contribution in [0.3, 0.4) is 0 Å². The summed E-state index contributed by atoms with van der Waals surface area (Å²) >= 11 is 5.29. The van der Waals surface area contributed by atoms with Crippen LogP contribution in [0.4, 0.5) is 23.2 Å². The fraction of sp³-hybridized carbons (Fsp3) is 0.250. The Kier molecular flexibility index (Phi) is 2.89. The molecule has 0 heterocycles. The third-order valence-electron chi connectivity index (χ3n) is 1.71. The van der Waals surface area contributed by atoms with E-state index in [1.54, 1.807) is 0 Å². The molecule has 1 nitrogen and oxygen atoms in total. The molecule has 0 radical (unpaired) electrons. The van der Waals surface area contributed by atoms with Gasteiger partial charge in [-0.3, -0.25) is 0 Å². The van der Waals surface area contributed by atoms with Gasteiger partial charge in [-0.2, -0.15) is 13.2 Å². The summed E-state index contributed by atoms with van der Waals surface area (Å²) in [6.45, 7) is 0. The minimum Gasteiger partial charge on any atom is -0.396 e. The molecule has 0 saturated carbocycles. The van der Waals surface area contributed by atoms with Crippen molar-refractivity contribution in [1.82, 2.24) is 0 Å². The zero-order valence-electron chi connectivity index (χ0n) is 6.83. The second-order valence-electron chi connectivity index (χ2n) is 2.63. The average Bonchev–Trinajstić information content (AvgIpc) is 2.07. The number of alkyl halides is 4. The van der Waals surface area contributed by atoms with Crippen LogP contribution in [0.2, 0.25) is 0 Å². The van der Waals surface area contributed by atoms with E-state index in [4.69, 9.17) is 17.3 Å². The van der Waals surface area contributed by atoms with Gasteiger partial charge in [-0.25, -0.2) is 4.39 Å². The van der Waals surface area contributed by atoms with Gasteiger partial charge in [0.2, 0.25) is 0 Å². The first-order valence-corrected chi connectivity index (χ1v) is 4.11. The van der Waals surface area contributed by atoms with E-state index < -0.39 is 23.2 Å². The van der Waals surface area contributed by atoms with Crippen molar-refractivity contribution in [2.45, 2.75) is 12.1 Å². The zero-order chi connectivity index (χ0) is 10.9. The zero-order valence-corrected chi connectivity index (χ0v) is 7.58. The summed E-state index contributed by atoms with van der Waals surface area (Å²) < 4.78 is 49.6. The van der Waals surface area contributed by atoms with Gasteiger partial charge in [0.25, 0.3) is 0 Å². The first-order chi connectivity index (χ1) is 6.38. The number of halogens is 5. The maximum absolute atomic E-state index is 13.1. The highest BCUT2D eigenvalue weighted by Crippen LogP contribution is 2.35. The second kappa shape index (κ2) is 3.65. The lowest BCUT2D eigenvalue weighted by Crippen LogP contribution is -2.11. The molecule has 0 aliphatic heterocycles. The maximum atomic E-state index is 13.1. The van der Waals surface area contributed by atoms with Crippen LogP contribution < -0.4 is 5.73 Å². The van der Waals surface area contributed by atoms with E-state index in [2.05, 4.69) is 0 Å². The molecule has 0 aromatic heterocycles. The molecule has 2 N–H and O–H groups in total. The highest BCUT2D eigenvalue weighted by Gasteiger charge is 2.34. The summed E-state index contributed by atoms with van der Waals surface area (Å²) in [6.07, 6.45) is -4.64. The molecule has 14 heavy (non-hydrogen) atoms. The van der Waals surface area contributed by atoms with E-state index in [1.165, 1.54) is 0 Å². The number of hydrogen-bond acceptors (Lipinski definition) is 1. The molecule has 0 spiro atoms. The molecule has 0 atom stereocenters. The predicted molar refractivity (Wildman–Crippen MR) is 45.4 cm³/mol. The molecular weight excluding hydrogens is 222 g/mol. The molecule has 0 fully saturated rings. The van der Waals surface area contributed by atoms with E-state index in [-0.39, 0.29) is 11.4 Å². The predicted octanol–water partition coefficient (Wildman–Crippen LogP) is 3.17. The number of nitrogen functional groups attached to an aromatic ring is 1. The first-order valence-electron chi connectivity index (χ1n) is 3.58. The highest BCUT2D eigenvalue weighted by molar-refractivity contribution is 6.17. The Morgan fingerprint density at radius 1 is 1.29 bits per heavy atom. The molecule has 78 valence electrons. The van der Waals surface area contributed by atoms with Crippen molar-refractivity contribution < 1.29 is 17.6 Å². The van der Waals surface area contributed by atoms with Crippen LogP contribution in [0, 0.1) is 5.82 Å². The average molecular weight is 228 g/mol. The van der Waals surface area contributed by atoms with Crippen LogP contribution in [0.15, 0.2) is 12.1 Å². The summed E-state index contributed by atoms with van der Waals surface area (Å²) in [6, 6.07) is 1.69. The molecule has 0 unspecified atom stereocenters. The van der Waals surface area contributed by atoms with Crippen molar-refractivity contribution in [3.05, 3.63) is 29.1 Å². The number of rotatable bonds is 1. The molecule has 1 aromatic rings. The SMILES string of the molecule is Nc1c(C(F)(F)F)ccc(CCl)c1F. The molecule has 0 aliphatic carbocycles. The van der Waals surface area contributed by atoms with Gasteiger partial charge in [0.05, 0.1) is 17.1 Å². The van der Waals surface area contributed by atoms with Gasteiger partial charge < -0.3 is 5.73 Å². The summed E-state index contributed by atoms with van der Waals surface area (Å²) in [5.41, 5.74) is 2.86. The third-order valence-corrected chi connectivity index (χ3v) is 2.00. The Bertz CT molecular complexity index is 348. The van der Waals surface area contributed by atoms with E-state index in [9.17, 15) is 17.6 Å². The molecule has 1 aromatic carbocycles. The van der Waals surface area contributed by atoms with Crippen LogP contribution in [0.25, 0.3) is 0 Å². The van der Waals surface area contributed by atoms with Crippen molar-refractivity contribution in [3.63, 3.8) is 0 Å². The van der Waals surface area contributed by atoms with Crippen molar-refractivity contribution in [3.8, 4) is 0 Å². The smallest absolute Gasteiger partial charge is 0.396 e. The fourth-order valence-electron chi connectivity index (χ4n) is 0.988. The van der Waals surface area contributed by atoms with Crippen LogP contribution in [-0.4, -0.2) is 0 Å². The molecule has 0 aliphatic rings. The number of nitrogens with two attached hydrogens (primary N) is 1. The lowest BCUT2D eigenvalue weighted by molar-refractivity contribution is -0.137. The minimum atomic E-state index is -4.64. The molecule has 1 rings (SSSR count). The van der Waals surface area contributed by atoms with Crippen LogP contribution in [0.5, 0.6) is 0 Å². The van der Waals surface area contributed by atoms with Gasteiger partial charge in [0.1, 0.15) is 0 Å². The van der Waals surface area contributed by atoms with Crippen LogP contribution in [-0.2, 0) is 12.1 Å². The second-order valence-corrected chi connectivity index (χ2v) is 2.90. The Labute approximate surface area is 82.5 Å².